The third-order valence-electron chi connectivity index (χ3n) is 9.67. The van der Waals surface area contributed by atoms with E-state index in [1.165, 1.54) is 18.2 Å². The lowest BCUT2D eigenvalue weighted by Crippen LogP contribution is -2.54. The van der Waals surface area contributed by atoms with Gasteiger partial charge in [-0.05, 0) is 80.2 Å². The van der Waals surface area contributed by atoms with Crippen molar-refractivity contribution in [3.8, 4) is 16.9 Å². The van der Waals surface area contributed by atoms with E-state index in [2.05, 4.69) is 48.8 Å². The Morgan fingerprint density at radius 1 is 0.896 bits per heavy atom. The Kier molecular flexibility index (Phi) is 10.5. The highest BCUT2D eigenvalue weighted by molar-refractivity contribution is 5.96. The smallest absolute Gasteiger partial charge is 0.406 e. The van der Waals surface area contributed by atoms with Crippen molar-refractivity contribution in [2.24, 2.45) is 5.73 Å². The SMILES string of the molecule is NC1(C(=O)CCCCn2cc(-c3ccc(OC(F)(F)F)cc3)c3cc(CN4CCN(Cc5ccccc5F)CC4)ccc32)CCNCC1. The number of piperidine rings is 1. The van der Waals surface area contributed by atoms with Gasteiger partial charge in [-0.25, -0.2) is 4.39 Å². The molecule has 11 heteroatoms. The van der Waals surface area contributed by atoms with Crippen molar-refractivity contribution in [1.29, 1.82) is 0 Å². The number of nitrogens with zero attached hydrogens (tertiary/aromatic N) is 3. The summed E-state index contributed by atoms with van der Waals surface area (Å²) < 4.78 is 58.8. The molecule has 0 radical (unpaired) electrons. The number of aryl methyl sites for hydroxylation is 1. The number of alkyl halides is 3. The van der Waals surface area contributed by atoms with Crippen LogP contribution in [0.15, 0.2) is 72.9 Å². The normalized spacial score (nSPS) is 17.5. The number of carbonyl (C=O) groups excluding carboxylic acids is 1. The molecule has 4 aromatic rings. The zero-order valence-electron chi connectivity index (χ0n) is 27.1. The van der Waals surface area contributed by atoms with Crippen LogP contribution < -0.4 is 15.8 Å². The molecule has 3 aromatic carbocycles. The molecule has 3 N–H and O–H groups in total. The molecular formula is C37H43F4N5O2. The summed E-state index contributed by atoms with van der Waals surface area (Å²) in [5.74, 6) is -0.310. The van der Waals surface area contributed by atoms with Crippen LogP contribution in [0.4, 0.5) is 17.6 Å². The number of unbranched alkanes of at least 4 members (excludes halogenated alkanes) is 1. The molecular weight excluding hydrogens is 622 g/mol. The molecule has 256 valence electrons. The maximum absolute atomic E-state index is 14.2. The number of nitrogens with one attached hydrogen (secondary N) is 1. The highest BCUT2D eigenvalue weighted by atomic mass is 19.4. The maximum atomic E-state index is 14.2. The molecule has 2 aliphatic rings. The summed E-state index contributed by atoms with van der Waals surface area (Å²) in [5.41, 5.74) is 10.3. The van der Waals surface area contributed by atoms with Crippen LogP contribution in [0.1, 0.15) is 43.2 Å². The van der Waals surface area contributed by atoms with Gasteiger partial charge >= 0.3 is 6.36 Å². The number of ether oxygens (including phenoxy) is 1. The first-order chi connectivity index (χ1) is 23.1. The van der Waals surface area contributed by atoms with Crippen molar-refractivity contribution < 1.29 is 27.1 Å². The standard InChI is InChI=1S/C37H43F4N5O2/c38-33-6-2-1-5-29(33)25-45-21-19-44(20-22-45)24-27-8-13-34-31(23-27)32(28-9-11-30(12-10-28)48-37(39,40)41)26-46(34)18-4-3-7-35(47)36(42)14-16-43-17-15-36/h1-2,5-6,8-13,23,26,43H,3-4,7,14-22,24-25,42H2. The Balaban J connectivity index is 1.15. The summed E-state index contributed by atoms with van der Waals surface area (Å²) in [6.07, 6.45) is 0.584. The zero-order valence-corrected chi connectivity index (χ0v) is 27.1. The summed E-state index contributed by atoms with van der Waals surface area (Å²) in [4.78, 5) is 17.6. The van der Waals surface area contributed by atoms with Gasteiger partial charge in [-0.15, -0.1) is 13.2 Å². The van der Waals surface area contributed by atoms with Crippen LogP contribution in [0.25, 0.3) is 22.0 Å². The Morgan fingerprint density at radius 2 is 1.58 bits per heavy atom. The number of ketones is 1. The number of nitrogens with two attached hydrogens (primary N) is 1. The molecule has 48 heavy (non-hydrogen) atoms. The molecule has 0 unspecified atom stereocenters. The van der Waals surface area contributed by atoms with E-state index in [1.807, 2.05) is 12.1 Å². The van der Waals surface area contributed by atoms with Gasteiger partial charge in [0.15, 0.2) is 5.78 Å². The third kappa shape index (κ3) is 8.44. The summed E-state index contributed by atoms with van der Waals surface area (Å²) in [6.45, 7) is 6.97. The van der Waals surface area contributed by atoms with Gasteiger partial charge in [-0.2, -0.15) is 0 Å². The van der Waals surface area contributed by atoms with Gasteiger partial charge in [0.05, 0.1) is 5.54 Å². The van der Waals surface area contributed by atoms with Gasteiger partial charge in [0.25, 0.3) is 0 Å². The molecule has 6 rings (SSSR count). The average Bonchev–Trinajstić information content (AvgIpc) is 3.42. The van der Waals surface area contributed by atoms with Gasteiger partial charge < -0.3 is 20.4 Å². The van der Waals surface area contributed by atoms with Crippen molar-refractivity contribution in [1.82, 2.24) is 19.7 Å². The number of halogens is 4. The molecule has 2 aliphatic heterocycles. The summed E-state index contributed by atoms with van der Waals surface area (Å²) in [5, 5.41) is 4.27. The van der Waals surface area contributed by atoms with Crippen LogP contribution in [0.5, 0.6) is 5.75 Å². The highest BCUT2D eigenvalue weighted by Gasteiger charge is 2.34. The quantitative estimate of drug-likeness (QED) is 0.133. The molecule has 0 spiro atoms. The van der Waals surface area contributed by atoms with E-state index in [0.717, 1.165) is 86.2 Å². The first-order valence-corrected chi connectivity index (χ1v) is 16.8. The molecule has 2 fully saturated rings. The van der Waals surface area contributed by atoms with Crippen LogP contribution in [0, 0.1) is 5.82 Å². The number of hydrogen-bond donors (Lipinski definition) is 2. The zero-order chi connectivity index (χ0) is 33.7. The summed E-state index contributed by atoms with van der Waals surface area (Å²) in [7, 11) is 0. The van der Waals surface area contributed by atoms with Crippen LogP contribution in [0.3, 0.4) is 0 Å². The minimum absolute atomic E-state index is 0.126. The Bertz CT molecular complexity index is 1690. The Morgan fingerprint density at radius 3 is 2.27 bits per heavy atom. The van der Waals surface area contributed by atoms with E-state index in [1.54, 1.807) is 18.2 Å². The van der Waals surface area contributed by atoms with Crippen molar-refractivity contribution in [2.75, 3.05) is 39.3 Å². The van der Waals surface area contributed by atoms with Crippen molar-refractivity contribution in [3.63, 3.8) is 0 Å². The number of fused-ring (bicyclic) bond motifs is 1. The number of piperazine rings is 1. The van der Waals surface area contributed by atoms with Crippen molar-refractivity contribution in [2.45, 2.75) is 63.6 Å². The van der Waals surface area contributed by atoms with E-state index >= 15 is 0 Å². The predicted molar refractivity (Wildman–Crippen MR) is 179 cm³/mol. The average molecular weight is 666 g/mol. The van der Waals surface area contributed by atoms with Crippen molar-refractivity contribution in [3.05, 3.63) is 89.9 Å². The molecule has 3 heterocycles. The number of aromatic nitrogens is 1. The highest BCUT2D eigenvalue weighted by Crippen LogP contribution is 2.34. The summed E-state index contributed by atoms with van der Waals surface area (Å²) in [6, 6.07) is 19.3. The number of Topliss-reactive ketones (excluding diaryl/α,β-unsaturated/α-hetero) is 1. The Labute approximate surface area is 278 Å². The minimum Gasteiger partial charge on any atom is -0.406 e. The van der Waals surface area contributed by atoms with Crippen LogP contribution >= 0.6 is 0 Å². The van der Waals surface area contributed by atoms with Crippen LogP contribution in [-0.2, 0) is 24.4 Å². The van der Waals surface area contributed by atoms with E-state index in [-0.39, 0.29) is 17.3 Å². The summed E-state index contributed by atoms with van der Waals surface area (Å²) >= 11 is 0. The fraction of sp³-hybridized carbons (Fsp3) is 0.432. The number of rotatable bonds is 12. The van der Waals surface area contributed by atoms with Crippen LogP contribution in [0.2, 0.25) is 0 Å². The molecule has 1 aromatic heterocycles. The first-order valence-electron chi connectivity index (χ1n) is 16.8. The lowest BCUT2D eigenvalue weighted by Gasteiger charge is -2.34. The number of carbonyl (C=O) groups is 1. The first kappa shape index (κ1) is 34.1. The second-order valence-electron chi connectivity index (χ2n) is 13.1. The van der Waals surface area contributed by atoms with Crippen molar-refractivity contribution >= 4 is 16.7 Å². The van der Waals surface area contributed by atoms with Gasteiger partial charge in [0, 0.05) is 80.5 Å². The number of hydrogen-bond acceptors (Lipinski definition) is 6. The molecule has 0 amide bonds. The topological polar surface area (TPSA) is 75.8 Å². The maximum Gasteiger partial charge on any atom is 0.573 e. The van der Waals surface area contributed by atoms with E-state index in [4.69, 9.17) is 5.73 Å². The second-order valence-corrected chi connectivity index (χ2v) is 13.1. The molecule has 0 saturated carbocycles. The predicted octanol–water partition coefficient (Wildman–Crippen LogP) is 6.48. The van der Waals surface area contributed by atoms with E-state index < -0.39 is 11.9 Å². The minimum atomic E-state index is -4.76. The molecule has 7 nitrogen and oxygen atoms in total. The van der Waals surface area contributed by atoms with Crippen LogP contribution in [-0.4, -0.2) is 71.3 Å². The fourth-order valence-electron chi connectivity index (χ4n) is 6.89. The second kappa shape index (κ2) is 14.8. The van der Waals surface area contributed by atoms with E-state index in [0.29, 0.717) is 37.9 Å². The molecule has 0 bridgehead atoms. The third-order valence-corrected chi connectivity index (χ3v) is 9.67. The Hall–Kier alpha value is -3.77. The van der Waals surface area contributed by atoms with E-state index in [9.17, 15) is 22.4 Å². The lowest BCUT2D eigenvalue weighted by atomic mass is 9.83. The monoisotopic (exact) mass is 665 g/mol. The lowest BCUT2D eigenvalue weighted by molar-refractivity contribution is -0.274. The van der Waals surface area contributed by atoms with Gasteiger partial charge in [0.2, 0.25) is 0 Å². The van der Waals surface area contributed by atoms with Gasteiger partial charge in [-0.1, -0.05) is 36.4 Å². The molecule has 0 atom stereocenters. The number of benzene rings is 3. The van der Waals surface area contributed by atoms with Gasteiger partial charge in [0.1, 0.15) is 11.6 Å². The molecule has 0 aliphatic carbocycles. The fourth-order valence-corrected chi connectivity index (χ4v) is 6.89. The van der Waals surface area contributed by atoms with Gasteiger partial charge in [-0.3, -0.25) is 14.6 Å². The molecule has 2 saturated heterocycles. The largest absolute Gasteiger partial charge is 0.573 e.